The largest absolute Gasteiger partial charge is 0.368 e. The smallest absolute Gasteiger partial charge is 0.234 e. The molecular weight excluding hydrogens is 342 g/mol. The van der Waals surface area contributed by atoms with Gasteiger partial charge in [-0.25, -0.2) is 0 Å². The molecule has 1 aliphatic heterocycles. The van der Waals surface area contributed by atoms with Crippen molar-refractivity contribution in [2.45, 2.75) is 31.3 Å². The highest BCUT2D eigenvalue weighted by molar-refractivity contribution is 9.10. The SMILES string of the molecule is N#CC(c1cc(Br)ccc1Cl)N1CCCCC1C(N)=O. The van der Waals surface area contributed by atoms with Gasteiger partial charge in [-0.05, 0) is 31.0 Å². The van der Waals surface area contributed by atoms with E-state index in [2.05, 4.69) is 22.0 Å². The van der Waals surface area contributed by atoms with Crippen LogP contribution in [0.25, 0.3) is 0 Å². The molecule has 2 atom stereocenters. The number of piperidine rings is 1. The van der Waals surface area contributed by atoms with Gasteiger partial charge in [0.1, 0.15) is 6.04 Å². The molecule has 1 saturated heterocycles. The molecule has 1 aromatic carbocycles. The maximum atomic E-state index is 11.6. The number of carbonyl (C=O) groups is 1. The van der Waals surface area contributed by atoms with Crippen molar-refractivity contribution in [3.63, 3.8) is 0 Å². The molecular formula is C14H15BrClN3O. The van der Waals surface area contributed by atoms with E-state index < -0.39 is 12.1 Å². The average molecular weight is 357 g/mol. The van der Waals surface area contributed by atoms with Gasteiger partial charge in [0.2, 0.25) is 5.91 Å². The minimum Gasteiger partial charge on any atom is -0.368 e. The number of hydrogen-bond acceptors (Lipinski definition) is 3. The standard InChI is InChI=1S/C14H15BrClN3O/c15-9-4-5-11(16)10(7-9)13(8-17)19-6-2-1-3-12(19)14(18)20/h4-5,7,12-13H,1-3,6H2,(H2,18,20). The van der Waals surface area contributed by atoms with Crippen molar-refractivity contribution in [2.24, 2.45) is 5.73 Å². The first-order valence-corrected chi connectivity index (χ1v) is 7.61. The van der Waals surface area contributed by atoms with Crippen LogP contribution in [0.2, 0.25) is 5.02 Å². The van der Waals surface area contributed by atoms with Crippen molar-refractivity contribution >= 4 is 33.4 Å². The minimum atomic E-state index is -0.558. The van der Waals surface area contributed by atoms with Crippen LogP contribution < -0.4 is 5.73 Å². The fourth-order valence-corrected chi connectivity index (χ4v) is 3.21. The summed E-state index contributed by atoms with van der Waals surface area (Å²) in [6.45, 7) is 0.675. The van der Waals surface area contributed by atoms with Crippen LogP contribution in [0.15, 0.2) is 22.7 Å². The molecule has 1 aliphatic rings. The van der Waals surface area contributed by atoms with E-state index in [-0.39, 0.29) is 5.91 Å². The summed E-state index contributed by atoms with van der Waals surface area (Å²) in [5, 5.41) is 10.1. The summed E-state index contributed by atoms with van der Waals surface area (Å²) in [6.07, 6.45) is 2.60. The van der Waals surface area contributed by atoms with Crippen LogP contribution in [0.5, 0.6) is 0 Å². The molecule has 1 fully saturated rings. The van der Waals surface area contributed by atoms with Crippen LogP contribution in [-0.4, -0.2) is 23.4 Å². The van der Waals surface area contributed by atoms with Crippen molar-refractivity contribution in [1.29, 1.82) is 5.26 Å². The number of nitrogens with two attached hydrogens (primary N) is 1. The Balaban J connectivity index is 2.38. The van der Waals surface area contributed by atoms with Gasteiger partial charge in [-0.2, -0.15) is 5.26 Å². The monoisotopic (exact) mass is 355 g/mol. The number of benzene rings is 1. The summed E-state index contributed by atoms with van der Waals surface area (Å²) >= 11 is 9.59. The lowest BCUT2D eigenvalue weighted by atomic mass is 9.96. The molecule has 20 heavy (non-hydrogen) atoms. The molecule has 2 rings (SSSR count). The molecule has 2 unspecified atom stereocenters. The lowest BCUT2D eigenvalue weighted by Gasteiger charge is -2.37. The maximum absolute atomic E-state index is 11.6. The minimum absolute atomic E-state index is 0.379. The number of amides is 1. The number of primary amides is 1. The summed E-state index contributed by atoms with van der Waals surface area (Å²) < 4.78 is 0.852. The summed E-state index contributed by atoms with van der Waals surface area (Å²) in [5.74, 6) is -0.379. The number of halogens is 2. The van der Waals surface area contributed by atoms with Crippen LogP contribution >= 0.6 is 27.5 Å². The van der Waals surface area contributed by atoms with Gasteiger partial charge in [-0.3, -0.25) is 9.69 Å². The maximum Gasteiger partial charge on any atom is 0.234 e. The zero-order valence-corrected chi connectivity index (χ0v) is 13.2. The second kappa shape index (κ2) is 6.57. The number of carbonyl (C=O) groups excluding carboxylic acids is 1. The van der Waals surface area contributed by atoms with E-state index in [0.29, 0.717) is 23.6 Å². The lowest BCUT2D eigenvalue weighted by Crippen LogP contribution is -2.49. The van der Waals surface area contributed by atoms with Crippen LogP contribution in [0.4, 0.5) is 0 Å². The quantitative estimate of drug-likeness (QED) is 0.905. The highest BCUT2D eigenvalue weighted by atomic mass is 79.9. The number of nitriles is 1. The zero-order valence-electron chi connectivity index (χ0n) is 10.9. The van der Waals surface area contributed by atoms with Gasteiger partial charge in [0.25, 0.3) is 0 Å². The summed E-state index contributed by atoms with van der Waals surface area (Å²) in [4.78, 5) is 13.5. The molecule has 1 amide bonds. The Kier molecular flexibility index (Phi) is 5.03. The van der Waals surface area contributed by atoms with Crippen molar-refractivity contribution in [3.8, 4) is 6.07 Å². The van der Waals surface area contributed by atoms with Crippen molar-refractivity contribution < 1.29 is 4.79 Å². The van der Waals surface area contributed by atoms with Gasteiger partial charge < -0.3 is 5.73 Å². The number of likely N-dealkylation sites (tertiary alicyclic amines) is 1. The highest BCUT2D eigenvalue weighted by Crippen LogP contribution is 2.33. The van der Waals surface area contributed by atoms with E-state index in [1.165, 1.54) is 0 Å². The Morgan fingerprint density at radius 1 is 1.55 bits per heavy atom. The zero-order chi connectivity index (χ0) is 14.7. The molecule has 2 N–H and O–H groups in total. The van der Waals surface area contributed by atoms with Gasteiger partial charge in [0.05, 0.1) is 12.1 Å². The van der Waals surface area contributed by atoms with E-state index in [4.69, 9.17) is 17.3 Å². The highest BCUT2D eigenvalue weighted by Gasteiger charge is 2.34. The molecule has 0 aliphatic carbocycles. The van der Waals surface area contributed by atoms with Gasteiger partial charge >= 0.3 is 0 Å². The first kappa shape index (κ1) is 15.3. The summed E-state index contributed by atoms with van der Waals surface area (Å²) in [6, 6.07) is 6.69. The molecule has 0 bridgehead atoms. The van der Waals surface area contributed by atoms with E-state index >= 15 is 0 Å². The molecule has 106 valence electrons. The molecule has 0 aromatic heterocycles. The summed E-state index contributed by atoms with van der Waals surface area (Å²) in [5.41, 5.74) is 6.17. The second-order valence-corrected chi connectivity index (χ2v) is 6.17. The van der Waals surface area contributed by atoms with E-state index in [1.54, 1.807) is 6.07 Å². The van der Waals surface area contributed by atoms with Gasteiger partial charge in [-0.1, -0.05) is 34.0 Å². The van der Waals surface area contributed by atoms with Gasteiger partial charge in [-0.15, -0.1) is 0 Å². The third-order valence-corrected chi connectivity index (χ3v) is 4.42. The second-order valence-electron chi connectivity index (χ2n) is 4.85. The third-order valence-electron chi connectivity index (χ3n) is 3.58. The fraction of sp³-hybridized carbons (Fsp3) is 0.429. The van der Waals surface area contributed by atoms with Gasteiger partial charge in [0, 0.05) is 21.6 Å². The molecule has 1 aromatic rings. The Morgan fingerprint density at radius 2 is 2.30 bits per heavy atom. The van der Waals surface area contributed by atoms with Gasteiger partial charge in [0.15, 0.2) is 0 Å². The molecule has 1 heterocycles. The number of hydrogen-bond donors (Lipinski definition) is 1. The first-order valence-electron chi connectivity index (χ1n) is 6.44. The predicted octanol–water partition coefficient (Wildman–Crippen LogP) is 3.01. The molecule has 0 saturated carbocycles. The Bertz CT molecular complexity index is 558. The Labute approximate surface area is 131 Å². The van der Waals surface area contributed by atoms with E-state index in [9.17, 15) is 10.1 Å². The topological polar surface area (TPSA) is 70.1 Å². The fourth-order valence-electron chi connectivity index (χ4n) is 2.61. The van der Waals surface area contributed by atoms with E-state index in [0.717, 1.165) is 17.3 Å². The van der Waals surface area contributed by atoms with Crippen LogP contribution in [0, 0.1) is 11.3 Å². The lowest BCUT2D eigenvalue weighted by molar-refractivity contribution is -0.125. The Hall–Kier alpha value is -1.09. The molecule has 0 radical (unpaired) electrons. The van der Waals surface area contributed by atoms with Crippen molar-refractivity contribution in [2.75, 3.05) is 6.54 Å². The van der Waals surface area contributed by atoms with Crippen LogP contribution in [0.3, 0.4) is 0 Å². The van der Waals surface area contributed by atoms with Crippen molar-refractivity contribution in [3.05, 3.63) is 33.3 Å². The predicted molar refractivity (Wildman–Crippen MR) is 81.0 cm³/mol. The summed E-state index contributed by atoms with van der Waals surface area (Å²) in [7, 11) is 0. The van der Waals surface area contributed by atoms with Crippen molar-refractivity contribution in [1.82, 2.24) is 4.90 Å². The molecule has 6 heteroatoms. The number of nitrogens with zero attached hydrogens (tertiary/aromatic N) is 2. The average Bonchev–Trinajstić information content (AvgIpc) is 2.44. The molecule has 0 spiro atoms. The third kappa shape index (κ3) is 3.14. The van der Waals surface area contributed by atoms with Crippen LogP contribution in [-0.2, 0) is 4.79 Å². The molecule has 4 nitrogen and oxygen atoms in total. The first-order chi connectivity index (χ1) is 9.54. The van der Waals surface area contributed by atoms with Crippen LogP contribution in [0.1, 0.15) is 30.9 Å². The number of rotatable bonds is 3. The Morgan fingerprint density at radius 3 is 2.95 bits per heavy atom. The normalized spacial score (nSPS) is 21.1. The van der Waals surface area contributed by atoms with E-state index in [1.807, 2.05) is 17.0 Å².